The first-order valence-corrected chi connectivity index (χ1v) is 14.3. The van der Waals surface area contributed by atoms with Gasteiger partial charge in [0, 0.05) is 50.3 Å². The number of rotatable bonds is 9. The predicted octanol–water partition coefficient (Wildman–Crippen LogP) is 3.86. The van der Waals surface area contributed by atoms with Gasteiger partial charge in [0.25, 0.3) is 5.91 Å². The quantitative estimate of drug-likeness (QED) is 0.422. The number of hydrogen-bond donors (Lipinski definition) is 2. The van der Waals surface area contributed by atoms with Crippen molar-refractivity contribution in [3.63, 3.8) is 0 Å². The van der Waals surface area contributed by atoms with Crippen LogP contribution in [0.2, 0.25) is 0 Å². The molecular formula is C30H30F4N4O5. The number of aryl methyl sites for hydroxylation is 1. The molecule has 0 bridgehead atoms. The van der Waals surface area contributed by atoms with E-state index in [4.69, 9.17) is 4.74 Å². The van der Waals surface area contributed by atoms with Crippen LogP contribution in [-0.2, 0) is 37.7 Å². The summed E-state index contributed by atoms with van der Waals surface area (Å²) < 4.78 is 61.4. The second kappa shape index (κ2) is 10.9. The Hall–Kier alpha value is -4.00. The summed E-state index contributed by atoms with van der Waals surface area (Å²) in [6.45, 7) is 0.353. The fourth-order valence-electron chi connectivity index (χ4n) is 6.10. The summed E-state index contributed by atoms with van der Waals surface area (Å²) in [6.07, 6.45) is -5.00. The van der Waals surface area contributed by atoms with Crippen LogP contribution >= 0.6 is 0 Å². The van der Waals surface area contributed by atoms with Gasteiger partial charge >= 0.3 is 12.3 Å². The van der Waals surface area contributed by atoms with Crippen molar-refractivity contribution in [3.05, 3.63) is 65.0 Å². The molecule has 2 aromatic rings. The van der Waals surface area contributed by atoms with Crippen molar-refractivity contribution >= 4 is 29.5 Å². The number of alkyl halides is 3. The maximum absolute atomic E-state index is 14.1. The molecule has 9 nitrogen and oxygen atoms in total. The Kier molecular flexibility index (Phi) is 7.39. The minimum absolute atomic E-state index is 0.115. The zero-order chi connectivity index (χ0) is 30.5. The normalized spacial score (nSPS) is 22.3. The summed E-state index contributed by atoms with van der Waals surface area (Å²) in [7, 11) is 0. The molecule has 2 aliphatic heterocycles. The maximum Gasteiger partial charge on any atom is 0.418 e. The van der Waals surface area contributed by atoms with E-state index in [0.717, 1.165) is 27.5 Å². The maximum atomic E-state index is 14.1. The molecule has 0 aromatic heterocycles. The van der Waals surface area contributed by atoms with E-state index in [1.165, 1.54) is 12.1 Å². The lowest BCUT2D eigenvalue weighted by Crippen LogP contribution is -2.50. The van der Waals surface area contributed by atoms with Crippen LogP contribution in [0.5, 0.6) is 0 Å². The molecule has 2 atom stereocenters. The third-order valence-corrected chi connectivity index (χ3v) is 8.65. The van der Waals surface area contributed by atoms with Gasteiger partial charge in [-0.3, -0.25) is 14.4 Å². The van der Waals surface area contributed by atoms with Crippen molar-refractivity contribution in [3.8, 4) is 0 Å². The number of nitrogens with one attached hydrogen (secondary N) is 2. The zero-order valence-electron chi connectivity index (χ0n) is 23.1. The van der Waals surface area contributed by atoms with Crippen LogP contribution in [0.3, 0.4) is 0 Å². The second-order valence-corrected chi connectivity index (χ2v) is 11.6. The molecule has 2 aliphatic carbocycles. The van der Waals surface area contributed by atoms with E-state index in [0.29, 0.717) is 49.2 Å². The van der Waals surface area contributed by atoms with Crippen LogP contribution in [0, 0.1) is 17.7 Å². The molecule has 1 spiro atoms. The molecular weight excluding hydrogens is 572 g/mol. The number of carbonyl (C=O) groups is 4. The average Bonchev–Trinajstić information content (AvgIpc) is 3.63. The number of nitrogens with zero attached hydrogens (tertiary/aromatic N) is 2. The largest absolute Gasteiger partial charge is 0.427 e. The summed E-state index contributed by atoms with van der Waals surface area (Å²) in [5.74, 6) is -3.10. The average molecular weight is 603 g/mol. The molecule has 4 aliphatic rings. The molecule has 2 saturated heterocycles. The summed E-state index contributed by atoms with van der Waals surface area (Å²) in [4.78, 5) is 53.6. The van der Waals surface area contributed by atoms with Gasteiger partial charge in [0.15, 0.2) is 0 Å². The topological polar surface area (TPSA) is 108 Å². The minimum atomic E-state index is -4.69. The summed E-state index contributed by atoms with van der Waals surface area (Å²) in [6, 6.07) is 7.83. The number of imide groups is 1. The monoisotopic (exact) mass is 602 g/mol. The van der Waals surface area contributed by atoms with Gasteiger partial charge in [-0.25, -0.2) is 14.1 Å². The smallest absolute Gasteiger partial charge is 0.418 e. The molecule has 43 heavy (non-hydrogen) atoms. The minimum Gasteiger partial charge on any atom is -0.427 e. The highest BCUT2D eigenvalue weighted by atomic mass is 19.4. The van der Waals surface area contributed by atoms with E-state index in [2.05, 4.69) is 10.6 Å². The Balaban J connectivity index is 1.16. The number of ether oxygens (including phenoxy) is 1. The first kappa shape index (κ1) is 29.1. The molecule has 228 valence electrons. The Morgan fingerprint density at radius 2 is 1.84 bits per heavy atom. The van der Waals surface area contributed by atoms with Crippen molar-refractivity contribution in [2.24, 2.45) is 11.8 Å². The van der Waals surface area contributed by atoms with Crippen LogP contribution in [0.25, 0.3) is 0 Å². The summed E-state index contributed by atoms with van der Waals surface area (Å²) >= 11 is 0. The van der Waals surface area contributed by atoms with E-state index in [1.807, 2.05) is 0 Å². The van der Waals surface area contributed by atoms with Gasteiger partial charge in [0.1, 0.15) is 11.9 Å². The molecule has 1 unspecified atom stereocenters. The fourth-order valence-corrected chi connectivity index (χ4v) is 6.10. The molecule has 3 fully saturated rings. The first-order valence-electron chi connectivity index (χ1n) is 14.3. The zero-order valence-corrected chi connectivity index (χ0v) is 23.1. The van der Waals surface area contributed by atoms with Gasteiger partial charge in [0.05, 0.1) is 5.92 Å². The van der Waals surface area contributed by atoms with Gasteiger partial charge in [-0.05, 0) is 60.6 Å². The summed E-state index contributed by atoms with van der Waals surface area (Å²) in [5, 5.41) is 5.89. The molecule has 4 amide bonds. The lowest BCUT2D eigenvalue weighted by atomic mass is 9.94. The lowest BCUT2D eigenvalue weighted by Gasteiger charge is -2.34. The number of halogens is 4. The van der Waals surface area contributed by atoms with E-state index in [9.17, 15) is 36.7 Å². The molecule has 6 rings (SSSR count). The van der Waals surface area contributed by atoms with Crippen LogP contribution in [0.15, 0.2) is 42.5 Å². The molecule has 0 radical (unpaired) electrons. The standard InChI is InChI=1S/C30H30F4N4O5/c31-21-5-1-17(2-6-21)16-38(25(18-3-4-18)30(32,33)34)24(39)10-12-37-27(41)29(43-28(37)42)11-9-19-13-22(7-8-23(19)29)36-26(40)20-14-35-15-20/h1-2,5-8,13,18,20,25,35H,3-4,9-12,14-16H2,(H,36,40)/t25?,29-/m0/s1. The molecule has 2 aromatic carbocycles. The van der Waals surface area contributed by atoms with Crippen molar-refractivity contribution in [2.45, 2.75) is 56.5 Å². The molecule has 2 heterocycles. The van der Waals surface area contributed by atoms with Crippen molar-refractivity contribution in [1.29, 1.82) is 0 Å². The van der Waals surface area contributed by atoms with Crippen molar-refractivity contribution in [1.82, 2.24) is 15.1 Å². The Morgan fingerprint density at radius 3 is 2.47 bits per heavy atom. The van der Waals surface area contributed by atoms with E-state index in [-0.39, 0.29) is 18.2 Å². The number of hydrogen-bond acceptors (Lipinski definition) is 6. The fraction of sp³-hybridized carbons (Fsp3) is 0.467. The first-order chi connectivity index (χ1) is 20.5. The van der Waals surface area contributed by atoms with Gasteiger partial charge in [0.2, 0.25) is 17.4 Å². The van der Waals surface area contributed by atoms with Crippen LogP contribution in [0.1, 0.15) is 42.4 Å². The highest BCUT2D eigenvalue weighted by Gasteiger charge is 2.58. The van der Waals surface area contributed by atoms with Crippen LogP contribution < -0.4 is 10.6 Å². The lowest BCUT2D eigenvalue weighted by molar-refractivity contribution is -0.196. The Morgan fingerprint density at radius 1 is 1.12 bits per heavy atom. The van der Waals surface area contributed by atoms with Crippen molar-refractivity contribution < 1.29 is 41.5 Å². The van der Waals surface area contributed by atoms with Gasteiger partial charge in [-0.1, -0.05) is 18.2 Å². The second-order valence-electron chi connectivity index (χ2n) is 11.6. The number of fused-ring (bicyclic) bond motifs is 2. The number of carbonyl (C=O) groups excluding carboxylic acids is 4. The molecule has 1 saturated carbocycles. The van der Waals surface area contributed by atoms with Gasteiger partial charge in [-0.15, -0.1) is 0 Å². The number of anilines is 1. The van der Waals surface area contributed by atoms with Crippen molar-refractivity contribution in [2.75, 3.05) is 25.0 Å². The van der Waals surface area contributed by atoms with E-state index >= 15 is 0 Å². The van der Waals surface area contributed by atoms with E-state index < -0.39 is 67.0 Å². The third-order valence-electron chi connectivity index (χ3n) is 8.65. The highest BCUT2D eigenvalue weighted by molar-refractivity contribution is 6.04. The van der Waals surface area contributed by atoms with Crippen LogP contribution in [-0.4, -0.2) is 65.5 Å². The Labute approximate surface area is 244 Å². The predicted molar refractivity (Wildman–Crippen MR) is 144 cm³/mol. The molecule has 2 N–H and O–H groups in total. The molecule has 13 heteroatoms. The third kappa shape index (κ3) is 5.57. The number of amides is 4. The van der Waals surface area contributed by atoms with Gasteiger partial charge < -0.3 is 20.3 Å². The van der Waals surface area contributed by atoms with Gasteiger partial charge in [-0.2, -0.15) is 13.2 Å². The Bertz CT molecular complexity index is 1460. The number of benzene rings is 2. The highest BCUT2D eigenvalue weighted by Crippen LogP contribution is 2.47. The van der Waals surface area contributed by atoms with Crippen LogP contribution in [0.4, 0.5) is 28.0 Å². The SMILES string of the molecule is O=C(Nc1ccc2c(c1)CC[C@]21OC(=O)N(CCC(=O)N(Cc2ccc(F)cc2)C(C2CC2)C(F)(F)F)C1=O)C1CNC1. The van der Waals surface area contributed by atoms with E-state index in [1.54, 1.807) is 18.2 Å². The summed E-state index contributed by atoms with van der Waals surface area (Å²) in [5.41, 5.74) is 0.496.